The van der Waals surface area contributed by atoms with Crippen molar-refractivity contribution in [2.75, 3.05) is 0 Å². The summed E-state index contributed by atoms with van der Waals surface area (Å²) < 4.78 is 73.9. The van der Waals surface area contributed by atoms with Crippen molar-refractivity contribution >= 4 is 5.69 Å². The van der Waals surface area contributed by atoms with Crippen molar-refractivity contribution in [1.82, 2.24) is 4.98 Å². The third-order valence-electron chi connectivity index (χ3n) is 1.64. The molecule has 0 aliphatic carbocycles. The molecule has 0 atom stereocenters. The third kappa shape index (κ3) is 2.63. The van der Waals surface area contributed by atoms with Gasteiger partial charge in [-0.05, 0) is 0 Å². The van der Waals surface area contributed by atoms with Gasteiger partial charge in [-0.1, -0.05) is 0 Å². The first-order valence-electron chi connectivity index (χ1n) is 3.84. The lowest BCUT2D eigenvalue weighted by molar-refractivity contribution is -0.391. The summed E-state index contributed by atoms with van der Waals surface area (Å²) in [6, 6.07) is -0.0992. The molecule has 0 unspecified atom stereocenters. The topological polar surface area (TPSA) is 56.0 Å². The van der Waals surface area contributed by atoms with Crippen LogP contribution in [0, 0.1) is 15.9 Å². The van der Waals surface area contributed by atoms with Gasteiger partial charge >= 0.3 is 11.9 Å². The van der Waals surface area contributed by atoms with Crippen LogP contribution in [-0.4, -0.2) is 9.91 Å². The maximum Gasteiger partial charge on any atom is 0.440 e. The minimum Gasteiger partial charge on any atom is -0.258 e. The maximum absolute atomic E-state index is 12.9. The highest BCUT2D eigenvalue weighted by Crippen LogP contribution is 2.37. The molecule has 0 spiro atoms. The van der Waals surface area contributed by atoms with E-state index in [0.717, 1.165) is 0 Å². The average molecular weight is 260 g/mol. The third-order valence-corrected chi connectivity index (χ3v) is 1.64. The Morgan fingerprint density at radius 1 is 1.35 bits per heavy atom. The van der Waals surface area contributed by atoms with Crippen LogP contribution < -0.4 is 0 Å². The van der Waals surface area contributed by atoms with Crippen LogP contribution in [0.5, 0.6) is 0 Å². The van der Waals surface area contributed by atoms with Gasteiger partial charge in [-0.25, -0.2) is 13.8 Å². The molecule has 0 aromatic carbocycles. The monoisotopic (exact) mass is 260 g/mol. The van der Waals surface area contributed by atoms with Crippen LogP contribution >= 0.6 is 0 Å². The minimum absolute atomic E-state index is 0.0992. The van der Waals surface area contributed by atoms with E-state index in [9.17, 15) is 36.5 Å². The van der Waals surface area contributed by atoms with Crippen LogP contribution in [0.1, 0.15) is 17.8 Å². The van der Waals surface area contributed by atoms with E-state index in [1.54, 1.807) is 0 Å². The van der Waals surface area contributed by atoms with Gasteiger partial charge in [0.05, 0.1) is 4.92 Å². The van der Waals surface area contributed by atoms with Crippen molar-refractivity contribution in [2.24, 2.45) is 0 Å². The number of hydrogen-bond donors (Lipinski definition) is 0. The fourth-order valence-corrected chi connectivity index (χ4v) is 1.01. The van der Waals surface area contributed by atoms with E-state index < -0.39 is 40.4 Å². The Bertz CT molecular complexity index is 458. The Balaban J connectivity index is 3.57. The van der Waals surface area contributed by atoms with E-state index >= 15 is 0 Å². The zero-order chi connectivity index (χ0) is 13.4. The van der Waals surface area contributed by atoms with Crippen molar-refractivity contribution in [3.63, 3.8) is 0 Å². The molecule has 1 heterocycles. The molecule has 4 nitrogen and oxygen atoms in total. The van der Waals surface area contributed by atoms with Gasteiger partial charge in [-0.3, -0.25) is 10.1 Å². The SMILES string of the molecule is O=[N+]([O-])c1c(F)cc(C(F)F)nc1C(F)(F)F. The van der Waals surface area contributed by atoms with Gasteiger partial charge in [-0.15, -0.1) is 0 Å². The van der Waals surface area contributed by atoms with Gasteiger partial charge in [0.25, 0.3) is 6.43 Å². The maximum atomic E-state index is 12.9. The highest BCUT2D eigenvalue weighted by Gasteiger charge is 2.43. The van der Waals surface area contributed by atoms with Crippen LogP contribution in [0.25, 0.3) is 0 Å². The standard InChI is InChI=1S/C7H2F6N2O2/c8-2-1-3(6(9)10)14-5(7(11,12)13)4(2)15(16)17/h1,6H. The number of alkyl halides is 5. The smallest absolute Gasteiger partial charge is 0.258 e. The molecule has 1 aromatic heterocycles. The summed E-state index contributed by atoms with van der Waals surface area (Å²) in [5, 5.41) is 10.2. The molecule has 10 heteroatoms. The Hall–Kier alpha value is -1.87. The van der Waals surface area contributed by atoms with Crippen LogP contribution in [0.3, 0.4) is 0 Å². The van der Waals surface area contributed by atoms with Gasteiger partial charge in [0.1, 0.15) is 5.69 Å². The number of aromatic nitrogens is 1. The molecule has 1 aromatic rings. The van der Waals surface area contributed by atoms with Crippen molar-refractivity contribution in [1.29, 1.82) is 0 Å². The summed E-state index contributed by atoms with van der Waals surface area (Å²) in [4.78, 5) is 10.9. The van der Waals surface area contributed by atoms with Gasteiger partial charge in [0.15, 0.2) is 0 Å². The average Bonchev–Trinajstić information content (AvgIpc) is 2.14. The molecule has 0 aliphatic rings. The minimum atomic E-state index is -5.39. The fourth-order valence-electron chi connectivity index (χ4n) is 1.01. The predicted molar refractivity (Wildman–Crippen MR) is 40.8 cm³/mol. The molecule has 0 fully saturated rings. The molecule has 0 bridgehead atoms. The van der Waals surface area contributed by atoms with E-state index in [0.29, 0.717) is 0 Å². The molecule has 0 radical (unpaired) electrons. The Morgan fingerprint density at radius 2 is 1.88 bits per heavy atom. The normalized spacial score (nSPS) is 11.9. The summed E-state index contributed by atoms with van der Waals surface area (Å²) in [7, 11) is 0. The first kappa shape index (κ1) is 13.2. The summed E-state index contributed by atoms with van der Waals surface area (Å²) in [6.45, 7) is 0. The summed E-state index contributed by atoms with van der Waals surface area (Å²) in [6.07, 6.45) is -8.86. The van der Waals surface area contributed by atoms with Crippen LogP contribution in [-0.2, 0) is 6.18 Å². The van der Waals surface area contributed by atoms with Gasteiger partial charge in [-0.2, -0.15) is 17.6 Å². The van der Waals surface area contributed by atoms with E-state index in [1.807, 2.05) is 0 Å². The second-order valence-electron chi connectivity index (χ2n) is 2.78. The summed E-state index contributed by atoms with van der Waals surface area (Å²) >= 11 is 0. The van der Waals surface area contributed by atoms with Crippen molar-refractivity contribution < 1.29 is 31.3 Å². The largest absolute Gasteiger partial charge is 0.440 e. The summed E-state index contributed by atoms with van der Waals surface area (Å²) in [5.74, 6) is -2.01. The first-order valence-corrected chi connectivity index (χ1v) is 3.84. The predicted octanol–water partition coefficient (Wildman–Crippen LogP) is 3.09. The lowest BCUT2D eigenvalue weighted by Crippen LogP contribution is -2.14. The zero-order valence-electron chi connectivity index (χ0n) is 7.63. The van der Waals surface area contributed by atoms with Crippen molar-refractivity contribution in [3.05, 3.63) is 33.4 Å². The van der Waals surface area contributed by atoms with E-state index in [-0.39, 0.29) is 6.07 Å². The number of pyridine rings is 1. The molecule has 17 heavy (non-hydrogen) atoms. The van der Waals surface area contributed by atoms with Crippen molar-refractivity contribution in [3.8, 4) is 0 Å². The molecule has 0 saturated heterocycles. The zero-order valence-corrected chi connectivity index (χ0v) is 7.63. The van der Waals surface area contributed by atoms with Crippen LogP contribution in [0.15, 0.2) is 6.07 Å². The highest BCUT2D eigenvalue weighted by atomic mass is 19.4. The molecular formula is C7H2F6N2O2. The quantitative estimate of drug-likeness (QED) is 0.466. The number of hydrogen-bond acceptors (Lipinski definition) is 3. The molecule has 0 N–H and O–H groups in total. The number of nitrogens with zero attached hydrogens (tertiary/aromatic N) is 2. The molecule has 0 saturated carbocycles. The Labute approximate surface area is 89.0 Å². The van der Waals surface area contributed by atoms with Gasteiger partial charge < -0.3 is 0 Å². The molecule has 0 aliphatic heterocycles. The van der Waals surface area contributed by atoms with Crippen LogP contribution in [0.2, 0.25) is 0 Å². The number of rotatable bonds is 2. The molecule has 1 rings (SSSR count). The van der Waals surface area contributed by atoms with E-state index in [1.165, 1.54) is 0 Å². The van der Waals surface area contributed by atoms with Gasteiger partial charge in [0, 0.05) is 6.07 Å². The Morgan fingerprint density at radius 3 is 2.24 bits per heavy atom. The lowest BCUT2D eigenvalue weighted by Gasteiger charge is -2.08. The fraction of sp³-hybridized carbons (Fsp3) is 0.286. The first-order chi connectivity index (χ1) is 7.64. The Kier molecular flexibility index (Phi) is 3.25. The lowest BCUT2D eigenvalue weighted by atomic mass is 10.2. The van der Waals surface area contributed by atoms with Crippen LogP contribution in [0.4, 0.5) is 32.0 Å². The molecule has 94 valence electrons. The van der Waals surface area contributed by atoms with Crippen molar-refractivity contribution in [2.45, 2.75) is 12.6 Å². The molecule has 0 amide bonds. The van der Waals surface area contributed by atoms with Gasteiger partial charge in [0.2, 0.25) is 11.5 Å². The van der Waals surface area contributed by atoms with E-state index in [4.69, 9.17) is 0 Å². The molecular weight excluding hydrogens is 258 g/mol. The number of nitro groups is 1. The number of halogens is 6. The van der Waals surface area contributed by atoms with E-state index in [2.05, 4.69) is 4.98 Å². The second kappa shape index (κ2) is 4.18. The summed E-state index contributed by atoms with van der Waals surface area (Å²) in [5.41, 5.74) is -5.76. The second-order valence-corrected chi connectivity index (χ2v) is 2.78. The highest BCUT2D eigenvalue weighted by molar-refractivity contribution is 5.40.